The summed E-state index contributed by atoms with van der Waals surface area (Å²) in [5, 5.41) is 5.27. The molecule has 2 heterocycles. The van der Waals surface area contributed by atoms with E-state index >= 15 is 0 Å². The molecule has 0 radical (unpaired) electrons. The fourth-order valence-corrected chi connectivity index (χ4v) is 5.74. The van der Waals surface area contributed by atoms with E-state index in [1.807, 2.05) is 6.92 Å². The molecule has 2 aromatic carbocycles. The molecule has 1 N–H and O–H groups in total. The zero-order valence-electron chi connectivity index (χ0n) is 16.9. The number of carbonyl (C=O) groups excluding carboxylic acids is 1. The van der Waals surface area contributed by atoms with Gasteiger partial charge in [0.15, 0.2) is 0 Å². The van der Waals surface area contributed by atoms with Gasteiger partial charge < -0.3 is 5.32 Å². The van der Waals surface area contributed by atoms with Crippen LogP contribution in [0, 0.1) is 12.7 Å². The smallest absolute Gasteiger partial charge is 0.270 e. The lowest BCUT2D eigenvalue weighted by Crippen LogP contribution is -2.46. The van der Waals surface area contributed by atoms with E-state index in [0.717, 1.165) is 11.1 Å². The van der Waals surface area contributed by atoms with Gasteiger partial charge in [-0.2, -0.15) is 4.31 Å². The average Bonchev–Trinajstić information content (AvgIpc) is 3.25. The molecule has 0 spiro atoms. The molecule has 9 heteroatoms. The van der Waals surface area contributed by atoms with E-state index < -0.39 is 10.0 Å². The number of hydrogen-bond acceptors (Lipinski definition) is 5. The number of aryl methyl sites for hydroxylation is 1. The monoisotopic (exact) mass is 459 g/mol. The molecule has 3 aromatic rings. The number of nitrogens with one attached hydrogen (secondary N) is 1. The summed E-state index contributed by atoms with van der Waals surface area (Å²) in [4.78, 5) is 17.2. The Morgan fingerprint density at radius 3 is 2.39 bits per heavy atom. The predicted octanol–water partition coefficient (Wildman–Crippen LogP) is 3.84. The number of piperidine rings is 1. The molecule has 0 unspecified atom stereocenters. The number of benzene rings is 2. The van der Waals surface area contributed by atoms with Gasteiger partial charge in [-0.3, -0.25) is 4.79 Å². The fourth-order valence-electron chi connectivity index (χ4n) is 3.46. The first-order valence-corrected chi connectivity index (χ1v) is 12.2. The number of hydrogen-bond donors (Lipinski definition) is 1. The van der Waals surface area contributed by atoms with Crippen molar-refractivity contribution in [3.05, 3.63) is 71.0 Å². The SMILES string of the molecule is Cc1ccc(S(=O)(=O)N2CCC(NC(=O)c3csc(-c4ccc(F)cc4)n3)CC2)cc1. The Kier molecular flexibility index (Phi) is 6.17. The largest absolute Gasteiger partial charge is 0.348 e. The van der Waals surface area contributed by atoms with Crippen LogP contribution in [0.5, 0.6) is 0 Å². The molecule has 1 aliphatic heterocycles. The van der Waals surface area contributed by atoms with Crippen LogP contribution in [0.1, 0.15) is 28.9 Å². The zero-order chi connectivity index (χ0) is 22.0. The van der Waals surface area contributed by atoms with Crippen molar-refractivity contribution in [3.8, 4) is 10.6 Å². The van der Waals surface area contributed by atoms with Crippen molar-refractivity contribution >= 4 is 27.3 Å². The summed E-state index contributed by atoms with van der Waals surface area (Å²) >= 11 is 1.32. The highest BCUT2D eigenvalue weighted by atomic mass is 32.2. The Hall–Kier alpha value is -2.62. The van der Waals surface area contributed by atoms with Crippen molar-refractivity contribution in [2.45, 2.75) is 30.7 Å². The molecule has 0 bridgehead atoms. The minimum Gasteiger partial charge on any atom is -0.348 e. The Morgan fingerprint density at radius 2 is 1.74 bits per heavy atom. The molecule has 4 rings (SSSR count). The van der Waals surface area contributed by atoms with Gasteiger partial charge in [-0.25, -0.2) is 17.8 Å². The van der Waals surface area contributed by atoms with Gasteiger partial charge in [0, 0.05) is 30.1 Å². The minimum absolute atomic E-state index is 0.118. The molecule has 1 fully saturated rings. The second-order valence-corrected chi connectivity index (χ2v) is 10.3. The Bertz CT molecular complexity index is 1170. The van der Waals surface area contributed by atoms with Crippen LogP contribution < -0.4 is 5.32 Å². The van der Waals surface area contributed by atoms with Crippen LogP contribution in [0.3, 0.4) is 0 Å². The fraction of sp³-hybridized carbons (Fsp3) is 0.273. The number of rotatable bonds is 5. The maximum atomic E-state index is 13.1. The lowest BCUT2D eigenvalue weighted by molar-refractivity contribution is 0.0919. The Morgan fingerprint density at radius 1 is 1.10 bits per heavy atom. The van der Waals surface area contributed by atoms with Crippen LogP contribution in [0.25, 0.3) is 10.6 Å². The maximum absolute atomic E-state index is 13.1. The van der Waals surface area contributed by atoms with E-state index in [1.54, 1.807) is 41.8 Å². The third-order valence-electron chi connectivity index (χ3n) is 5.28. The maximum Gasteiger partial charge on any atom is 0.270 e. The predicted molar refractivity (Wildman–Crippen MR) is 118 cm³/mol. The van der Waals surface area contributed by atoms with Crippen molar-refractivity contribution in [2.75, 3.05) is 13.1 Å². The van der Waals surface area contributed by atoms with Gasteiger partial charge in [0.1, 0.15) is 16.5 Å². The first-order chi connectivity index (χ1) is 14.8. The highest BCUT2D eigenvalue weighted by Crippen LogP contribution is 2.25. The van der Waals surface area contributed by atoms with E-state index in [0.29, 0.717) is 36.6 Å². The number of sulfonamides is 1. The summed E-state index contributed by atoms with van der Waals surface area (Å²) in [5.41, 5.74) is 2.06. The zero-order valence-corrected chi connectivity index (χ0v) is 18.5. The highest BCUT2D eigenvalue weighted by molar-refractivity contribution is 7.89. The van der Waals surface area contributed by atoms with Crippen molar-refractivity contribution in [2.24, 2.45) is 0 Å². The molecule has 0 atom stereocenters. The summed E-state index contributed by atoms with van der Waals surface area (Å²) in [6.07, 6.45) is 1.07. The molecule has 1 aliphatic rings. The topological polar surface area (TPSA) is 79.4 Å². The van der Waals surface area contributed by atoms with Gasteiger partial charge in [-0.1, -0.05) is 17.7 Å². The molecule has 1 amide bonds. The van der Waals surface area contributed by atoms with E-state index in [1.165, 1.54) is 27.8 Å². The molecule has 162 valence electrons. The van der Waals surface area contributed by atoms with Crippen molar-refractivity contribution in [3.63, 3.8) is 0 Å². The Labute approximate surface area is 184 Å². The first-order valence-electron chi connectivity index (χ1n) is 9.92. The lowest BCUT2D eigenvalue weighted by atomic mass is 10.1. The summed E-state index contributed by atoms with van der Waals surface area (Å²) in [7, 11) is -3.53. The third kappa shape index (κ3) is 4.84. The molecular weight excluding hydrogens is 437 g/mol. The normalized spacial score (nSPS) is 15.7. The summed E-state index contributed by atoms with van der Waals surface area (Å²) in [6.45, 7) is 2.60. The summed E-state index contributed by atoms with van der Waals surface area (Å²) in [5.74, 6) is -0.613. The van der Waals surface area contributed by atoms with Gasteiger partial charge in [0.2, 0.25) is 10.0 Å². The van der Waals surface area contributed by atoms with Crippen LogP contribution in [0.4, 0.5) is 4.39 Å². The summed E-state index contributed by atoms with van der Waals surface area (Å²) < 4.78 is 40.2. The van der Waals surface area contributed by atoms with E-state index in [4.69, 9.17) is 0 Å². The van der Waals surface area contributed by atoms with E-state index in [-0.39, 0.29) is 22.7 Å². The van der Waals surface area contributed by atoms with Gasteiger partial charge in [0.05, 0.1) is 4.90 Å². The second kappa shape index (κ2) is 8.86. The van der Waals surface area contributed by atoms with Crippen molar-refractivity contribution in [1.82, 2.24) is 14.6 Å². The number of nitrogens with zero attached hydrogens (tertiary/aromatic N) is 2. The molecule has 1 aromatic heterocycles. The van der Waals surface area contributed by atoms with Crippen LogP contribution in [-0.2, 0) is 10.0 Å². The minimum atomic E-state index is -3.53. The van der Waals surface area contributed by atoms with Crippen LogP contribution in [0.15, 0.2) is 58.8 Å². The van der Waals surface area contributed by atoms with Crippen LogP contribution in [-0.4, -0.2) is 42.7 Å². The molecular formula is C22H22FN3O3S2. The standard InChI is InChI=1S/C22H22FN3O3S2/c1-15-2-8-19(9-3-15)31(28,29)26-12-10-18(11-13-26)24-21(27)20-14-30-22(25-20)16-4-6-17(23)7-5-16/h2-9,14,18H,10-13H2,1H3,(H,24,27). The second-order valence-electron chi connectivity index (χ2n) is 7.51. The molecule has 31 heavy (non-hydrogen) atoms. The first kappa shape index (κ1) is 21.6. The van der Waals surface area contributed by atoms with Crippen LogP contribution >= 0.6 is 11.3 Å². The number of amides is 1. The highest BCUT2D eigenvalue weighted by Gasteiger charge is 2.30. The van der Waals surface area contributed by atoms with Crippen molar-refractivity contribution in [1.29, 1.82) is 0 Å². The average molecular weight is 460 g/mol. The van der Waals surface area contributed by atoms with Gasteiger partial charge in [-0.05, 0) is 56.2 Å². The van der Waals surface area contributed by atoms with Gasteiger partial charge >= 0.3 is 0 Å². The number of aromatic nitrogens is 1. The van der Waals surface area contributed by atoms with E-state index in [9.17, 15) is 17.6 Å². The van der Waals surface area contributed by atoms with Gasteiger partial charge in [0.25, 0.3) is 5.91 Å². The molecule has 0 saturated carbocycles. The Balaban J connectivity index is 1.35. The van der Waals surface area contributed by atoms with Crippen molar-refractivity contribution < 1.29 is 17.6 Å². The molecule has 1 saturated heterocycles. The lowest BCUT2D eigenvalue weighted by Gasteiger charge is -2.31. The van der Waals surface area contributed by atoms with Crippen LogP contribution in [0.2, 0.25) is 0 Å². The number of thiazole rings is 1. The molecule has 0 aliphatic carbocycles. The quantitative estimate of drug-likeness (QED) is 0.629. The van der Waals surface area contributed by atoms with E-state index in [2.05, 4.69) is 10.3 Å². The number of halogens is 1. The van der Waals surface area contributed by atoms with Gasteiger partial charge in [-0.15, -0.1) is 11.3 Å². The summed E-state index contributed by atoms with van der Waals surface area (Å²) in [6, 6.07) is 12.7. The third-order valence-corrected chi connectivity index (χ3v) is 8.08. The molecule has 6 nitrogen and oxygen atoms in total. The number of carbonyl (C=O) groups is 1.